The average Bonchev–Trinajstić information content (AvgIpc) is 2.81. The number of amides is 1. The number of ether oxygens (including phenoxy) is 1. The second-order valence-electron chi connectivity index (χ2n) is 9.64. The predicted molar refractivity (Wildman–Crippen MR) is 123 cm³/mol. The Balaban J connectivity index is 2.43. The van der Waals surface area contributed by atoms with Gasteiger partial charge in [0.2, 0.25) is 5.91 Å². The molecule has 11 nitrogen and oxygen atoms in total. The smallest absolute Gasteiger partial charge is 0.303 e. The van der Waals surface area contributed by atoms with Crippen molar-refractivity contribution in [2.24, 2.45) is 11.7 Å². The molecule has 210 valence electrons. The first-order chi connectivity index (χ1) is 16.6. The third kappa shape index (κ3) is 8.20. The number of nitrogens with two attached hydrogens (primary N) is 1. The minimum atomic E-state index is -4.00. The highest BCUT2D eigenvalue weighted by Crippen LogP contribution is 2.42. The number of hydrogen-bond acceptors (Lipinski definition) is 10. The van der Waals surface area contributed by atoms with Gasteiger partial charge in [0.25, 0.3) is 5.79 Å². The van der Waals surface area contributed by atoms with Crippen LogP contribution < -0.4 is 11.1 Å². The second kappa shape index (κ2) is 13.8. The van der Waals surface area contributed by atoms with E-state index in [1.807, 2.05) is 0 Å². The van der Waals surface area contributed by atoms with Gasteiger partial charge < -0.3 is 41.3 Å². The molecular formula is C23H40F2N2O9. The van der Waals surface area contributed by atoms with E-state index < -0.39 is 73.1 Å². The molecule has 1 amide bonds. The molecule has 1 aliphatic heterocycles. The Kier molecular flexibility index (Phi) is 12.4. The van der Waals surface area contributed by atoms with Gasteiger partial charge in [-0.2, -0.15) is 0 Å². The predicted octanol–water partition coefficient (Wildman–Crippen LogP) is -0.859. The Morgan fingerprint density at radius 2 is 1.67 bits per heavy atom. The fourth-order valence-corrected chi connectivity index (χ4v) is 3.85. The standard InChI is InChI=1S/C23H40F2N2O9/c1-12(14(3)29)10-16(30)13(2)27-21(34)15(26)8-6-4-5-7-9-22(24,25)23(35)20(33)19(32)18(31)17(11-28)36-23/h12-13,15,17-20,28,31-33,35H,4-11,26H2,1-3H3,(H,27,34)/t12-,13+,15+,17-,18+,19+,20-,23?/m1/s1. The molecule has 13 heteroatoms. The molecule has 0 aromatic carbocycles. The first-order valence-corrected chi connectivity index (χ1v) is 12.1. The quantitative estimate of drug-likeness (QED) is 0.132. The number of rotatable bonds is 15. The maximum Gasteiger partial charge on any atom is 0.303 e. The van der Waals surface area contributed by atoms with Crippen LogP contribution in [0.3, 0.4) is 0 Å². The highest BCUT2D eigenvalue weighted by Gasteiger charge is 2.65. The zero-order valence-corrected chi connectivity index (χ0v) is 20.9. The lowest BCUT2D eigenvalue weighted by molar-refractivity contribution is -0.412. The molecule has 0 aromatic heterocycles. The molecule has 1 aliphatic rings. The Morgan fingerprint density at radius 1 is 1.08 bits per heavy atom. The van der Waals surface area contributed by atoms with Gasteiger partial charge in [-0.25, -0.2) is 8.78 Å². The van der Waals surface area contributed by atoms with Gasteiger partial charge >= 0.3 is 5.92 Å². The van der Waals surface area contributed by atoms with Crippen molar-refractivity contribution in [3.05, 3.63) is 0 Å². The van der Waals surface area contributed by atoms with Crippen molar-refractivity contribution < 1.29 is 53.4 Å². The highest BCUT2D eigenvalue weighted by atomic mass is 19.3. The van der Waals surface area contributed by atoms with Crippen LogP contribution >= 0.6 is 0 Å². The van der Waals surface area contributed by atoms with E-state index in [4.69, 9.17) is 15.6 Å². The molecule has 0 saturated carbocycles. The molecule has 0 bridgehead atoms. The lowest BCUT2D eigenvalue weighted by atomic mass is 9.87. The van der Waals surface area contributed by atoms with Gasteiger partial charge in [-0.15, -0.1) is 0 Å². The Hall–Kier alpha value is -1.61. The van der Waals surface area contributed by atoms with Gasteiger partial charge in [0.15, 0.2) is 5.78 Å². The van der Waals surface area contributed by atoms with Crippen molar-refractivity contribution in [3.63, 3.8) is 0 Å². The van der Waals surface area contributed by atoms with Crippen LogP contribution in [0.4, 0.5) is 8.78 Å². The van der Waals surface area contributed by atoms with E-state index in [1.54, 1.807) is 6.92 Å². The number of nitrogens with one attached hydrogen (secondary N) is 1. The molecule has 0 spiro atoms. The van der Waals surface area contributed by atoms with E-state index in [0.717, 1.165) is 0 Å². The molecule has 36 heavy (non-hydrogen) atoms. The summed E-state index contributed by atoms with van der Waals surface area (Å²) in [5.74, 6) is -8.89. The summed E-state index contributed by atoms with van der Waals surface area (Å²) in [5.41, 5.74) is 5.84. The fourth-order valence-electron chi connectivity index (χ4n) is 3.85. The summed E-state index contributed by atoms with van der Waals surface area (Å²) in [7, 11) is 0. The van der Waals surface area contributed by atoms with Crippen molar-refractivity contribution in [3.8, 4) is 0 Å². The van der Waals surface area contributed by atoms with Crippen LogP contribution in [-0.4, -0.2) is 97.8 Å². The van der Waals surface area contributed by atoms with Crippen LogP contribution in [0.1, 0.15) is 65.7 Å². The number of aliphatic hydroxyl groups excluding tert-OH is 4. The number of carbonyl (C=O) groups is 3. The maximum absolute atomic E-state index is 14.7. The van der Waals surface area contributed by atoms with Crippen molar-refractivity contribution in [2.45, 2.75) is 114 Å². The molecule has 1 saturated heterocycles. The average molecular weight is 527 g/mol. The molecule has 0 radical (unpaired) electrons. The topological polar surface area (TPSA) is 200 Å². The minimum Gasteiger partial charge on any atom is -0.394 e. The van der Waals surface area contributed by atoms with Crippen LogP contribution in [0.5, 0.6) is 0 Å². The number of halogens is 2. The maximum atomic E-state index is 14.7. The van der Waals surface area contributed by atoms with E-state index in [9.17, 15) is 43.6 Å². The van der Waals surface area contributed by atoms with E-state index in [2.05, 4.69) is 5.32 Å². The number of carbonyl (C=O) groups excluding carboxylic acids is 3. The molecule has 0 aromatic rings. The SMILES string of the molecule is CC(=O)[C@H](C)CC(=O)[C@H](C)NC(=O)[C@@H](N)CCCCCCC(F)(F)C1(O)O[C@H](CO)[C@H](O)[C@H](O)[C@H]1O. The summed E-state index contributed by atoms with van der Waals surface area (Å²) in [6, 6.07) is -1.72. The van der Waals surface area contributed by atoms with E-state index in [0.29, 0.717) is 12.8 Å². The fraction of sp³-hybridized carbons (Fsp3) is 0.870. The second-order valence-corrected chi connectivity index (χ2v) is 9.64. The summed E-state index contributed by atoms with van der Waals surface area (Å²) >= 11 is 0. The van der Waals surface area contributed by atoms with Crippen LogP contribution in [0.15, 0.2) is 0 Å². The Morgan fingerprint density at radius 3 is 2.22 bits per heavy atom. The van der Waals surface area contributed by atoms with Crippen molar-refractivity contribution in [1.29, 1.82) is 0 Å². The third-order valence-electron chi connectivity index (χ3n) is 6.63. The zero-order chi connectivity index (χ0) is 27.8. The number of ketones is 2. The first-order valence-electron chi connectivity index (χ1n) is 12.1. The summed E-state index contributed by atoms with van der Waals surface area (Å²) in [6.45, 7) is 3.56. The van der Waals surface area contributed by atoms with Crippen LogP contribution in [0, 0.1) is 5.92 Å². The van der Waals surface area contributed by atoms with Crippen molar-refractivity contribution >= 4 is 17.5 Å². The zero-order valence-electron chi connectivity index (χ0n) is 20.9. The van der Waals surface area contributed by atoms with Crippen molar-refractivity contribution in [1.82, 2.24) is 5.32 Å². The van der Waals surface area contributed by atoms with Crippen LogP contribution in [0.25, 0.3) is 0 Å². The minimum absolute atomic E-state index is 0.00798. The number of aliphatic hydroxyl groups is 5. The summed E-state index contributed by atoms with van der Waals surface area (Å²) < 4.78 is 34.1. The molecular weight excluding hydrogens is 486 g/mol. The summed E-state index contributed by atoms with van der Waals surface area (Å²) in [5, 5.41) is 51.3. The van der Waals surface area contributed by atoms with Gasteiger partial charge in [0, 0.05) is 18.8 Å². The molecule has 0 aliphatic carbocycles. The number of Topliss-reactive ketones (excluding diaryl/α,β-unsaturated/α-hetero) is 2. The molecule has 8 N–H and O–H groups in total. The molecule has 8 atom stereocenters. The Bertz CT molecular complexity index is 755. The summed E-state index contributed by atoms with van der Waals surface area (Å²) in [4.78, 5) is 35.6. The van der Waals surface area contributed by atoms with Crippen LogP contribution in [-0.2, 0) is 19.1 Å². The van der Waals surface area contributed by atoms with Gasteiger partial charge in [0.05, 0.1) is 18.7 Å². The van der Waals surface area contributed by atoms with Gasteiger partial charge in [-0.1, -0.05) is 26.2 Å². The number of hydrogen-bond donors (Lipinski definition) is 7. The normalized spacial score (nSPS) is 29.3. The van der Waals surface area contributed by atoms with Gasteiger partial charge in [0.1, 0.15) is 30.2 Å². The largest absolute Gasteiger partial charge is 0.394 e. The van der Waals surface area contributed by atoms with Crippen LogP contribution in [0.2, 0.25) is 0 Å². The lowest BCUT2D eigenvalue weighted by Gasteiger charge is -2.48. The molecule has 1 heterocycles. The Labute approximate surface area is 209 Å². The number of unbranched alkanes of at least 4 members (excludes halogenated alkanes) is 3. The van der Waals surface area contributed by atoms with Gasteiger partial charge in [-0.3, -0.25) is 14.4 Å². The van der Waals surface area contributed by atoms with E-state index in [1.165, 1.54) is 13.8 Å². The third-order valence-corrected chi connectivity index (χ3v) is 6.63. The molecule has 1 unspecified atom stereocenters. The first kappa shape index (κ1) is 32.4. The van der Waals surface area contributed by atoms with Crippen molar-refractivity contribution in [2.75, 3.05) is 6.61 Å². The summed E-state index contributed by atoms with van der Waals surface area (Å²) in [6.07, 6.45) is -7.86. The van der Waals surface area contributed by atoms with E-state index in [-0.39, 0.29) is 37.2 Å². The molecule has 1 rings (SSSR count). The van der Waals surface area contributed by atoms with E-state index >= 15 is 0 Å². The monoisotopic (exact) mass is 526 g/mol. The highest BCUT2D eigenvalue weighted by molar-refractivity contribution is 5.93. The molecule has 1 fully saturated rings. The number of alkyl halides is 2. The van der Waals surface area contributed by atoms with Gasteiger partial charge in [-0.05, 0) is 26.7 Å². The lowest BCUT2D eigenvalue weighted by Crippen LogP contribution is -2.71.